The zero-order valence-electron chi connectivity index (χ0n) is 16.8. The summed E-state index contributed by atoms with van der Waals surface area (Å²) in [5.41, 5.74) is 5.37. The number of carbonyl (C=O) groups excluding carboxylic acids is 1. The molecule has 0 atom stereocenters. The fraction of sp³-hybridized carbons (Fsp3) is 0.0800. The third-order valence-corrected chi connectivity index (χ3v) is 4.54. The molecule has 148 valence electrons. The Morgan fingerprint density at radius 3 is 2.07 bits per heavy atom. The molecule has 1 heterocycles. The van der Waals surface area contributed by atoms with E-state index in [1.54, 1.807) is 24.5 Å². The molecule has 0 spiro atoms. The van der Waals surface area contributed by atoms with E-state index in [2.05, 4.69) is 21.4 Å². The van der Waals surface area contributed by atoms with Crippen LogP contribution in [0.5, 0.6) is 11.8 Å². The van der Waals surface area contributed by atoms with Crippen molar-refractivity contribution in [2.45, 2.75) is 13.8 Å². The number of aromatic nitrogens is 2. The molecule has 1 amide bonds. The molecule has 0 unspecified atom stereocenters. The molecule has 0 aliphatic rings. The highest BCUT2D eigenvalue weighted by molar-refractivity contribution is 6.04. The van der Waals surface area contributed by atoms with Gasteiger partial charge in [0.2, 0.25) is 0 Å². The van der Waals surface area contributed by atoms with Crippen LogP contribution in [0.4, 0.5) is 5.69 Å². The maximum absolute atomic E-state index is 12.6. The maximum atomic E-state index is 12.6. The van der Waals surface area contributed by atoms with Crippen molar-refractivity contribution in [3.05, 3.63) is 102 Å². The van der Waals surface area contributed by atoms with Gasteiger partial charge in [0.1, 0.15) is 5.75 Å². The Morgan fingerprint density at radius 2 is 1.43 bits per heavy atom. The number of benzene rings is 3. The van der Waals surface area contributed by atoms with Crippen molar-refractivity contribution in [3.8, 4) is 22.9 Å². The molecule has 1 N–H and O–H groups in total. The molecule has 0 aliphatic heterocycles. The largest absolute Gasteiger partial charge is 0.424 e. The number of nitrogens with zero attached hydrogens (tertiary/aromatic N) is 2. The molecule has 0 aliphatic carbocycles. The number of ether oxygens (including phenoxy) is 1. The number of carbonyl (C=O) groups is 1. The summed E-state index contributed by atoms with van der Waals surface area (Å²) in [4.78, 5) is 21.1. The number of rotatable bonds is 5. The number of hydrogen-bond donors (Lipinski definition) is 1. The molecule has 30 heavy (non-hydrogen) atoms. The predicted octanol–water partition coefficient (Wildman–Crippen LogP) is 5.81. The summed E-state index contributed by atoms with van der Waals surface area (Å²) in [7, 11) is 0. The second-order valence-electron chi connectivity index (χ2n) is 7.08. The van der Waals surface area contributed by atoms with Crippen molar-refractivity contribution >= 4 is 11.6 Å². The third kappa shape index (κ3) is 4.70. The molecule has 5 heteroatoms. The molecule has 0 saturated carbocycles. The highest BCUT2D eigenvalue weighted by atomic mass is 16.5. The normalized spacial score (nSPS) is 10.5. The summed E-state index contributed by atoms with van der Waals surface area (Å²) in [5.74, 6) is 0.541. The summed E-state index contributed by atoms with van der Waals surface area (Å²) >= 11 is 0. The van der Waals surface area contributed by atoms with E-state index in [9.17, 15) is 4.79 Å². The van der Waals surface area contributed by atoms with Gasteiger partial charge in [-0.05, 0) is 66.9 Å². The molecule has 1 aromatic heterocycles. The lowest BCUT2D eigenvalue weighted by Crippen LogP contribution is -2.12. The van der Waals surface area contributed by atoms with Gasteiger partial charge in [0.25, 0.3) is 5.91 Å². The van der Waals surface area contributed by atoms with Gasteiger partial charge in [-0.3, -0.25) is 4.79 Å². The summed E-state index contributed by atoms with van der Waals surface area (Å²) < 4.78 is 5.62. The molecule has 0 radical (unpaired) electrons. The number of nitrogens with one attached hydrogen (secondary N) is 1. The SMILES string of the molecule is Cc1cc(C)cc(NC(=O)c2ccc(-c3cnc(Oc4ccccc4)nc3)cc2)c1. The number of hydrogen-bond acceptors (Lipinski definition) is 4. The molecule has 3 aromatic carbocycles. The Hall–Kier alpha value is -3.99. The Balaban J connectivity index is 1.44. The third-order valence-electron chi connectivity index (χ3n) is 4.54. The topological polar surface area (TPSA) is 64.1 Å². The smallest absolute Gasteiger partial charge is 0.321 e. The number of anilines is 1. The summed E-state index contributed by atoms with van der Waals surface area (Å²) in [6, 6.07) is 23.0. The van der Waals surface area contributed by atoms with Crippen LogP contribution in [-0.2, 0) is 0 Å². The molecule has 4 rings (SSSR count). The fourth-order valence-electron chi connectivity index (χ4n) is 3.18. The summed E-state index contributed by atoms with van der Waals surface area (Å²) in [5, 5.41) is 2.95. The van der Waals surface area contributed by atoms with E-state index in [-0.39, 0.29) is 11.9 Å². The van der Waals surface area contributed by atoms with E-state index in [1.807, 2.05) is 68.4 Å². The first-order valence-corrected chi connectivity index (χ1v) is 9.62. The minimum Gasteiger partial charge on any atom is -0.424 e. The second-order valence-corrected chi connectivity index (χ2v) is 7.08. The van der Waals surface area contributed by atoms with Gasteiger partial charge in [0, 0.05) is 29.2 Å². The second kappa shape index (κ2) is 8.57. The predicted molar refractivity (Wildman–Crippen MR) is 118 cm³/mol. The van der Waals surface area contributed by atoms with Crippen molar-refractivity contribution in [1.82, 2.24) is 9.97 Å². The van der Waals surface area contributed by atoms with Crippen LogP contribution < -0.4 is 10.1 Å². The van der Waals surface area contributed by atoms with E-state index < -0.39 is 0 Å². The molecule has 0 fully saturated rings. The first-order chi connectivity index (χ1) is 14.6. The van der Waals surface area contributed by atoms with Crippen molar-refractivity contribution in [3.63, 3.8) is 0 Å². The average Bonchev–Trinajstić information content (AvgIpc) is 2.74. The molecule has 4 aromatic rings. The number of aryl methyl sites for hydroxylation is 2. The van der Waals surface area contributed by atoms with E-state index in [0.29, 0.717) is 11.3 Å². The monoisotopic (exact) mass is 395 g/mol. The number of para-hydroxylation sites is 1. The van der Waals surface area contributed by atoms with Gasteiger partial charge in [-0.25, -0.2) is 9.97 Å². The minimum atomic E-state index is -0.144. The van der Waals surface area contributed by atoms with Crippen LogP contribution in [0.3, 0.4) is 0 Å². The Kier molecular flexibility index (Phi) is 5.52. The summed E-state index contributed by atoms with van der Waals surface area (Å²) in [6.07, 6.45) is 3.41. The lowest BCUT2D eigenvalue weighted by Gasteiger charge is -2.08. The quantitative estimate of drug-likeness (QED) is 0.463. The van der Waals surface area contributed by atoms with Crippen molar-refractivity contribution in [2.24, 2.45) is 0 Å². The van der Waals surface area contributed by atoms with Gasteiger partial charge in [0.05, 0.1) is 0 Å². The van der Waals surface area contributed by atoms with Crippen molar-refractivity contribution < 1.29 is 9.53 Å². The standard InChI is InChI=1S/C25H21N3O2/c1-17-12-18(2)14-22(13-17)28-24(29)20-10-8-19(9-11-20)21-15-26-25(27-16-21)30-23-6-4-3-5-7-23/h3-16H,1-2H3,(H,28,29). The fourth-order valence-corrected chi connectivity index (χ4v) is 3.18. The van der Waals surface area contributed by atoms with E-state index in [0.717, 1.165) is 27.9 Å². The van der Waals surface area contributed by atoms with Crippen LogP contribution in [0.15, 0.2) is 85.2 Å². The Bertz CT molecular complexity index is 1140. The van der Waals surface area contributed by atoms with Crippen molar-refractivity contribution in [2.75, 3.05) is 5.32 Å². The molecule has 5 nitrogen and oxygen atoms in total. The average molecular weight is 395 g/mol. The zero-order valence-corrected chi connectivity index (χ0v) is 16.8. The van der Waals surface area contributed by atoms with E-state index >= 15 is 0 Å². The Labute approximate surface area is 175 Å². The molecule has 0 saturated heterocycles. The highest BCUT2D eigenvalue weighted by Crippen LogP contribution is 2.22. The van der Waals surface area contributed by atoms with E-state index in [4.69, 9.17) is 4.74 Å². The van der Waals surface area contributed by atoms with Crippen LogP contribution in [0.25, 0.3) is 11.1 Å². The lowest BCUT2D eigenvalue weighted by molar-refractivity contribution is 0.102. The first-order valence-electron chi connectivity index (χ1n) is 9.62. The van der Waals surface area contributed by atoms with Crippen LogP contribution in [0.1, 0.15) is 21.5 Å². The van der Waals surface area contributed by atoms with Gasteiger partial charge in [0.15, 0.2) is 0 Å². The molecular formula is C25H21N3O2. The molecular weight excluding hydrogens is 374 g/mol. The maximum Gasteiger partial charge on any atom is 0.321 e. The van der Waals surface area contributed by atoms with Gasteiger partial charge in [-0.15, -0.1) is 0 Å². The molecule has 0 bridgehead atoms. The zero-order chi connectivity index (χ0) is 20.9. The van der Waals surface area contributed by atoms with Gasteiger partial charge >= 0.3 is 6.01 Å². The van der Waals surface area contributed by atoms with Gasteiger partial charge in [-0.1, -0.05) is 36.4 Å². The lowest BCUT2D eigenvalue weighted by atomic mass is 10.1. The summed E-state index contributed by atoms with van der Waals surface area (Å²) in [6.45, 7) is 4.02. The van der Waals surface area contributed by atoms with Gasteiger partial charge < -0.3 is 10.1 Å². The van der Waals surface area contributed by atoms with Crippen LogP contribution in [0.2, 0.25) is 0 Å². The van der Waals surface area contributed by atoms with Crippen molar-refractivity contribution in [1.29, 1.82) is 0 Å². The Morgan fingerprint density at radius 1 is 0.800 bits per heavy atom. The van der Waals surface area contributed by atoms with Gasteiger partial charge in [-0.2, -0.15) is 0 Å². The highest BCUT2D eigenvalue weighted by Gasteiger charge is 2.08. The number of amides is 1. The van der Waals surface area contributed by atoms with Crippen LogP contribution in [0, 0.1) is 13.8 Å². The minimum absolute atomic E-state index is 0.144. The van der Waals surface area contributed by atoms with Crippen LogP contribution >= 0.6 is 0 Å². The van der Waals surface area contributed by atoms with Crippen LogP contribution in [-0.4, -0.2) is 15.9 Å². The first kappa shape index (κ1) is 19.3. The van der Waals surface area contributed by atoms with E-state index in [1.165, 1.54) is 0 Å².